The first-order valence-electron chi connectivity index (χ1n) is 7.05. The van der Waals surface area contributed by atoms with Gasteiger partial charge in [-0.1, -0.05) is 23.5 Å². The van der Waals surface area contributed by atoms with E-state index in [2.05, 4.69) is 15.5 Å². The summed E-state index contributed by atoms with van der Waals surface area (Å²) in [5, 5.41) is 22.1. The first kappa shape index (κ1) is 13.9. The van der Waals surface area contributed by atoms with Crippen molar-refractivity contribution in [2.24, 2.45) is 0 Å². The number of para-hydroxylation sites is 1. The Kier molecular flexibility index (Phi) is 2.95. The molecular weight excluding hydrogens is 316 g/mol. The van der Waals surface area contributed by atoms with E-state index < -0.39 is 11.5 Å². The molecule has 0 fully saturated rings. The molecule has 3 heterocycles. The molecule has 0 saturated carbocycles. The number of benzene rings is 1. The van der Waals surface area contributed by atoms with E-state index in [-0.39, 0.29) is 11.3 Å². The van der Waals surface area contributed by atoms with Crippen LogP contribution in [0.4, 0.5) is 5.13 Å². The molecule has 1 aromatic carbocycles. The van der Waals surface area contributed by atoms with E-state index in [1.807, 2.05) is 12.1 Å². The van der Waals surface area contributed by atoms with Gasteiger partial charge in [0, 0.05) is 11.9 Å². The molecule has 2 N–H and O–H groups in total. The van der Waals surface area contributed by atoms with E-state index >= 15 is 0 Å². The lowest BCUT2D eigenvalue weighted by atomic mass is 10.1. The average molecular weight is 328 g/mol. The number of amides is 1. The van der Waals surface area contributed by atoms with Gasteiger partial charge in [-0.2, -0.15) is 0 Å². The quantitative estimate of drug-likeness (QED) is 0.746. The molecular formula is C15H12N4O3S. The normalized spacial score (nSPS) is 12.7. The molecule has 3 aromatic rings. The van der Waals surface area contributed by atoms with E-state index in [4.69, 9.17) is 0 Å². The number of nitrogens with one attached hydrogen (secondary N) is 1. The molecule has 1 amide bonds. The number of hydrogen-bond acceptors (Lipinski definition) is 6. The van der Waals surface area contributed by atoms with Crippen LogP contribution >= 0.6 is 11.3 Å². The zero-order valence-electron chi connectivity index (χ0n) is 12.2. The van der Waals surface area contributed by atoms with Gasteiger partial charge < -0.3 is 9.67 Å². The predicted octanol–water partition coefficient (Wildman–Crippen LogP) is 1.68. The standard InChI is InChI=1S/C15H12N4O3S/c1-7-17-18-15(23-7)16-13(21)10-12(20)9-4-2-3-8-5-6-19(11(8)9)14(10)22/h2-4,20H,5-6H2,1H3,(H,16,18,21). The molecule has 0 atom stereocenters. The summed E-state index contributed by atoms with van der Waals surface area (Å²) >= 11 is 1.20. The van der Waals surface area contributed by atoms with Crippen LogP contribution in [0.5, 0.6) is 5.75 Å². The molecule has 0 aliphatic carbocycles. The number of nitrogens with zero attached hydrogens (tertiary/aromatic N) is 3. The highest BCUT2D eigenvalue weighted by Gasteiger charge is 2.26. The second-order valence-electron chi connectivity index (χ2n) is 5.32. The Labute approximate surface area is 134 Å². The Morgan fingerprint density at radius 1 is 1.39 bits per heavy atom. The highest BCUT2D eigenvalue weighted by atomic mass is 32.1. The number of anilines is 1. The van der Waals surface area contributed by atoms with Crippen molar-refractivity contribution >= 4 is 33.3 Å². The Morgan fingerprint density at radius 2 is 2.22 bits per heavy atom. The molecule has 7 nitrogen and oxygen atoms in total. The minimum atomic E-state index is -0.674. The van der Waals surface area contributed by atoms with Crippen molar-refractivity contribution in [3.05, 3.63) is 44.7 Å². The van der Waals surface area contributed by atoms with Crippen LogP contribution in [0.1, 0.15) is 20.9 Å². The number of hydrogen-bond donors (Lipinski definition) is 2. The monoisotopic (exact) mass is 328 g/mol. The largest absolute Gasteiger partial charge is 0.506 e. The van der Waals surface area contributed by atoms with Crippen LogP contribution in [0.2, 0.25) is 0 Å². The summed E-state index contributed by atoms with van der Waals surface area (Å²) in [6, 6.07) is 5.45. The zero-order valence-corrected chi connectivity index (χ0v) is 13.0. The minimum absolute atomic E-state index is 0.260. The van der Waals surface area contributed by atoms with Crippen LogP contribution in [0.3, 0.4) is 0 Å². The first-order valence-corrected chi connectivity index (χ1v) is 7.86. The fourth-order valence-electron chi connectivity index (χ4n) is 2.93. The van der Waals surface area contributed by atoms with Gasteiger partial charge in [-0.3, -0.25) is 14.9 Å². The van der Waals surface area contributed by atoms with Crippen molar-refractivity contribution in [1.82, 2.24) is 14.8 Å². The Bertz CT molecular complexity index is 1020. The third-order valence-electron chi connectivity index (χ3n) is 3.92. The minimum Gasteiger partial charge on any atom is -0.506 e. The van der Waals surface area contributed by atoms with Crippen molar-refractivity contribution in [1.29, 1.82) is 0 Å². The van der Waals surface area contributed by atoms with Crippen molar-refractivity contribution in [3.8, 4) is 5.75 Å². The van der Waals surface area contributed by atoms with Crippen molar-refractivity contribution in [2.75, 3.05) is 5.32 Å². The summed E-state index contributed by atoms with van der Waals surface area (Å²) < 4.78 is 1.55. The van der Waals surface area contributed by atoms with E-state index in [9.17, 15) is 14.7 Å². The summed E-state index contributed by atoms with van der Waals surface area (Å²) in [6.07, 6.45) is 0.715. The molecule has 0 bridgehead atoms. The molecule has 1 aliphatic heterocycles. The molecule has 0 saturated heterocycles. The molecule has 2 aromatic heterocycles. The maximum absolute atomic E-state index is 12.6. The fourth-order valence-corrected chi connectivity index (χ4v) is 3.52. The van der Waals surface area contributed by atoms with Gasteiger partial charge in [0.05, 0.1) is 5.52 Å². The van der Waals surface area contributed by atoms with Crippen molar-refractivity contribution in [2.45, 2.75) is 19.9 Å². The highest BCUT2D eigenvalue weighted by molar-refractivity contribution is 7.15. The maximum Gasteiger partial charge on any atom is 0.267 e. The van der Waals surface area contributed by atoms with Gasteiger partial charge in [0.2, 0.25) is 5.13 Å². The third kappa shape index (κ3) is 2.02. The van der Waals surface area contributed by atoms with Crippen LogP contribution in [0.15, 0.2) is 23.0 Å². The maximum atomic E-state index is 12.6. The van der Waals surface area contributed by atoms with Gasteiger partial charge in [-0.25, -0.2) is 0 Å². The van der Waals surface area contributed by atoms with E-state index in [0.29, 0.717) is 34.0 Å². The number of aryl methyl sites for hydroxylation is 3. The highest BCUT2D eigenvalue weighted by Crippen LogP contribution is 2.32. The summed E-state index contributed by atoms with van der Waals surface area (Å²) in [6.45, 7) is 2.27. The number of aromatic hydroxyl groups is 1. The third-order valence-corrected chi connectivity index (χ3v) is 4.67. The van der Waals surface area contributed by atoms with E-state index in [1.54, 1.807) is 17.6 Å². The SMILES string of the molecule is Cc1nnc(NC(=O)c2c(O)c3cccc4c3n(c2=O)CC4)s1. The van der Waals surface area contributed by atoms with Crippen LogP contribution in [0.25, 0.3) is 10.9 Å². The molecule has 116 valence electrons. The van der Waals surface area contributed by atoms with Gasteiger partial charge in [0.25, 0.3) is 11.5 Å². The van der Waals surface area contributed by atoms with Crippen molar-refractivity contribution in [3.63, 3.8) is 0 Å². The topological polar surface area (TPSA) is 97.1 Å². The van der Waals surface area contributed by atoms with Gasteiger partial charge in [-0.15, -0.1) is 10.2 Å². The van der Waals surface area contributed by atoms with Crippen LogP contribution < -0.4 is 10.9 Å². The van der Waals surface area contributed by atoms with Crippen molar-refractivity contribution < 1.29 is 9.90 Å². The second kappa shape index (κ2) is 4.88. The summed E-state index contributed by atoms with van der Waals surface area (Å²) in [7, 11) is 0. The molecule has 1 aliphatic rings. The van der Waals surface area contributed by atoms with Crippen LogP contribution in [-0.2, 0) is 13.0 Å². The summed E-state index contributed by atoms with van der Waals surface area (Å²) in [5.74, 6) is -0.963. The lowest BCUT2D eigenvalue weighted by Crippen LogP contribution is -2.28. The smallest absolute Gasteiger partial charge is 0.267 e. The lowest BCUT2D eigenvalue weighted by molar-refractivity contribution is 0.102. The summed E-state index contributed by atoms with van der Waals surface area (Å²) in [5.41, 5.74) is 0.961. The van der Waals surface area contributed by atoms with Crippen LogP contribution in [-0.4, -0.2) is 25.8 Å². The first-order chi connectivity index (χ1) is 11.1. The number of pyridine rings is 1. The van der Waals surface area contributed by atoms with Gasteiger partial charge in [0.1, 0.15) is 16.3 Å². The Balaban J connectivity index is 1.88. The number of rotatable bonds is 2. The van der Waals surface area contributed by atoms with Gasteiger partial charge >= 0.3 is 0 Å². The summed E-state index contributed by atoms with van der Waals surface area (Å²) in [4.78, 5) is 25.1. The van der Waals surface area contributed by atoms with Crippen LogP contribution in [0, 0.1) is 6.92 Å². The molecule has 8 heteroatoms. The fraction of sp³-hybridized carbons (Fsp3) is 0.200. The Hall–Kier alpha value is -2.74. The van der Waals surface area contributed by atoms with E-state index in [1.165, 1.54) is 11.3 Å². The number of aromatic nitrogens is 3. The zero-order chi connectivity index (χ0) is 16.1. The van der Waals surface area contributed by atoms with Gasteiger partial charge in [0.15, 0.2) is 0 Å². The molecule has 0 spiro atoms. The van der Waals surface area contributed by atoms with Gasteiger partial charge in [-0.05, 0) is 25.0 Å². The predicted molar refractivity (Wildman–Crippen MR) is 86.2 cm³/mol. The number of carbonyl (C=O) groups is 1. The lowest BCUT2D eigenvalue weighted by Gasteiger charge is -2.10. The second-order valence-corrected chi connectivity index (χ2v) is 6.51. The van der Waals surface area contributed by atoms with E-state index in [0.717, 1.165) is 5.56 Å². The molecule has 0 radical (unpaired) electrons. The Morgan fingerprint density at radius 3 is 2.96 bits per heavy atom. The average Bonchev–Trinajstić information content (AvgIpc) is 3.12. The molecule has 4 rings (SSSR count). The molecule has 23 heavy (non-hydrogen) atoms. The number of carbonyl (C=O) groups excluding carboxylic acids is 1. The molecule has 0 unspecified atom stereocenters.